The number of imide groups is 1. The molecule has 1 aliphatic heterocycles. The third-order valence-electron chi connectivity index (χ3n) is 5.46. The van der Waals surface area contributed by atoms with Crippen LogP contribution in [0.4, 0.5) is 14.9 Å². The minimum Gasteiger partial charge on any atom is -0.493 e. The predicted octanol–water partition coefficient (Wildman–Crippen LogP) is 4.91. The zero-order valence-corrected chi connectivity index (χ0v) is 20.8. The molecule has 3 aromatic rings. The molecule has 8 nitrogen and oxygen atoms in total. The largest absolute Gasteiger partial charge is 0.493 e. The van der Waals surface area contributed by atoms with Gasteiger partial charge in [-0.2, -0.15) is 0 Å². The molecule has 1 fully saturated rings. The Hall–Kier alpha value is -4.37. The Kier molecular flexibility index (Phi) is 7.74. The summed E-state index contributed by atoms with van der Waals surface area (Å²) in [5.41, 5.74) is 2.27. The van der Waals surface area contributed by atoms with Gasteiger partial charge in [-0.25, -0.2) is 14.1 Å². The number of hydrogen-bond acceptors (Lipinski definition) is 5. The summed E-state index contributed by atoms with van der Waals surface area (Å²) >= 11 is 6.39. The Morgan fingerprint density at radius 3 is 2.65 bits per heavy atom. The number of hydrogen-bond donors (Lipinski definition) is 2. The lowest BCUT2D eigenvalue weighted by Gasteiger charge is -2.14. The standard InChI is InChI=1S/C27H23ClFN3O5/c1-16-6-5-8-19(10-16)30-24(33)14-32-26(34)22(31-27(32)35)12-17-11-20(28)25(23(13-17)36-2)37-15-18-7-3-4-9-21(18)29/h3-13H,14-15H2,1-2H3,(H,30,33)(H,31,35)/b22-12+. The first kappa shape index (κ1) is 25.7. The van der Waals surface area contributed by atoms with E-state index in [-0.39, 0.29) is 28.8 Å². The van der Waals surface area contributed by atoms with Crippen LogP contribution in [0.25, 0.3) is 6.08 Å². The van der Waals surface area contributed by atoms with Crippen molar-refractivity contribution in [1.82, 2.24) is 10.2 Å². The number of nitrogens with one attached hydrogen (secondary N) is 2. The number of aryl methyl sites for hydroxylation is 1. The zero-order valence-electron chi connectivity index (χ0n) is 20.0. The van der Waals surface area contributed by atoms with Gasteiger partial charge in [-0.1, -0.05) is 41.9 Å². The summed E-state index contributed by atoms with van der Waals surface area (Å²) in [5.74, 6) is -1.14. The molecule has 37 heavy (non-hydrogen) atoms. The molecule has 1 saturated heterocycles. The minimum absolute atomic E-state index is 0.0356. The zero-order chi connectivity index (χ0) is 26.5. The number of anilines is 1. The molecule has 0 atom stereocenters. The van der Waals surface area contributed by atoms with Crippen LogP contribution < -0.4 is 20.1 Å². The summed E-state index contributed by atoms with van der Waals surface area (Å²) < 4.78 is 25.0. The number of halogens is 2. The fraction of sp³-hybridized carbons (Fsp3) is 0.148. The van der Waals surface area contributed by atoms with Gasteiger partial charge in [0.1, 0.15) is 24.7 Å². The van der Waals surface area contributed by atoms with E-state index in [9.17, 15) is 18.8 Å². The molecule has 0 spiro atoms. The minimum atomic E-state index is -0.724. The second-order valence-electron chi connectivity index (χ2n) is 8.21. The van der Waals surface area contributed by atoms with E-state index in [1.165, 1.54) is 25.3 Å². The molecule has 1 aliphatic rings. The van der Waals surface area contributed by atoms with Crippen LogP contribution in [0.1, 0.15) is 16.7 Å². The Balaban J connectivity index is 1.48. The third-order valence-corrected chi connectivity index (χ3v) is 5.74. The molecule has 190 valence electrons. The number of urea groups is 1. The van der Waals surface area contributed by atoms with Gasteiger partial charge in [-0.15, -0.1) is 0 Å². The summed E-state index contributed by atoms with van der Waals surface area (Å²) in [5, 5.41) is 5.30. The van der Waals surface area contributed by atoms with E-state index in [0.29, 0.717) is 16.8 Å². The summed E-state index contributed by atoms with van der Waals surface area (Å²) in [4.78, 5) is 38.4. The Bertz CT molecular complexity index is 1410. The SMILES string of the molecule is COc1cc(/C=C2/NC(=O)N(CC(=O)Nc3cccc(C)c3)C2=O)cc(Cl)c1OCc1ccccc1F. The lowest BCUT2D eigenvalue weighted by atomic mass is 10.1. The number of rotatable bonds is 8. The molecular weight excluding hydrogens is 501 g/mol. The van der Waals surface area contributed by atoms with Crippen LogP contribution in [0.2, 0.25) is 5.02 Å². The summed E-state index contributed by atoms with van der Waals surface area (Å²) in [6.07, 6.45) is 1.41. The lowest BCUT2D eigenvalue weighted by Crippen LogP contribution is -2.38. The topological polar surface area (TPSA) is 97.0 Å². The second-order valence-corrected chi connectivity index (χ2v) is 8.62. The fourth-order valence-electron chi connectivity index (χ4n) is 3.68. The van der Waals surface area contributed by atoms with Crippen molar-refractivity contribution in [1.29, 1.82) is 0 Å². The molecule has 0 aliphatic carbocycles. The quantitative estimate of drug-likeness (QED) is 0.323. The maximum absolute atomic E-state index is 13.9. The van der Waals surface area contributed by atoms with Crippen molar-refractivity contribution in [3.05, 3.63) is 93.9 Å². The molecular formula is C27H23ClFN3O5. The van der Waals surface area contributed by atoms with E-state index in [4.69, 9.17) is 21.1 Å². The first-order valence-electron chi connectivity index (χ1n) is 11.2. The third kappa shape index (κ3) is 6.07. The molecule has 10 heteroatoms. The van der Waals surface area contributed by atoms with Crippen molar-refractivity contribution in [3.63, 3.8) is 0 Å². The highest BCUT2D eigenvalue weighted by atomic mass is 35.5. The molecule has 0 bridgehead atoms. The van der Waals surface area contributed by atoms with Crippen LogP contribution in [0.5, 0.6) is 11.5 Å². The first-order chi connectivity index (χ1) is 17.7. The Morgan fingerprint density at radius 1 is 1.14 bits per heavy atom. The molecule has 4 rings (SSSR count). The molecule has 0 radical (unpaired) electrons. The van der Waals surface area contributed by atoms with Crippen LogP contribution in [0.3, 0.4) is 0 Å². The summed E-state index contributed by atoms with van der Waals surface area (Å²) in [7, 11) is 1.41. The van der Waals surface area contributed by atoms with Gasteiger partial charge >= 0.3 is 6.03 Å². The van der Waals surface area contributed by atoms with E-state index in [2.05, 4.69) is 10.6 Å². The van der Waals surface area contributed by atoms with Gasteiger partial charge in [-0.05, 0) is 54.5 Å². The fourth-order valence-corrected chi connectivity index (χ4v) is 3.95. The van der Waals surface area contributed by atoms with Crippen molar-refractivity contribution >= 4 is 41.2 Å². The molecule has 0 unspecified atom stereocenters. The van der Waals surface area contributed by atoms with Crippen molar-refractivity contribution in [2.24, 2.45) is 0 Å². The number of nitrogens with zero attached hydrogens (tertiary/aromatic N) is 1. The number of benzene rings is 3. The number of ether oxygens (including phenoxy) is 2. The van der Waals surface area contributed by atoms with Crippen LogP contribution in [0.15, 0.2) is 66.4 Å². The first-order valence-corrected chi connectivity index (χ1v) is 11.6. The Labute approximate surface area is 217 Å². The molecule has 2 N–H and O–H groups in total. The smallest absolute Gasteiger partial charge is 0.329 e. The maximum atomic E-state index is 13.9. The van der Waals surface area contributed by atoms with E-state index >= 15 is 0 Å². The van der Waals surface area contributed by atoms with Gasteiger partial charge in [0.05, 0.1) is 12.1 Å². The number of amides is 4. The van der Waals surface area contributed by atoms with E-state index < -0.39 is 30.2 Å². The van der Waals surface area contributed by atoms with Crippen molar-refractivity contribution in [3.8, 4) is 11.5 Å². The van der Waals surface area contributed by atoms with E-state index in [1.54, 1.807) is 42.5 Å². The van der Waals surface area contributed by atoms with Gasteiger partial charge in [0.25, 0.3) is 5.91 Å². The van der Waals surface area contributed by atoms with Crippen molar-refractivity contribution in [2.75, 3.05) is 19.0 Å². The van der Waals surface area contributed by atoms with Crippen molar-refractivity contribution < 1.29 is 28.2 Å². The van der Waals surface area contributed by atoms with Crippen LogP contribution >= 0.6 is 11.6 Å². The van der Waals surface area contributed by atoms with Gasteiger partial charge in [0.2, 0.25) is 5.91 Å². The average molecular weight is 524 g/mol. The van der Waals surface area contributed by atoms with E-state index in [0.717, 1.165) is 10.5 Å². The monoisotopic (exact) mass is 523 g/mol. The van der Waals surface area contributed by atoms with Gasteiger partial charge < -0.3 is 20.1 Å². The second kappa shape index (κ2) is 11.1. The van der Waals surface area contributed by atoms with Crippen LogP contribution in [0, 0.1) is 12.7 Å². The van der Waals surface area contributed by atoms with E-state index in [1.807, 2.05) is 13.0 Å². The van der Waals surface area contributed by atoms with Gasteiger partial charge in [0, 0.05) is 11.3 Å². The average Bonchev–Trinajstić information content (AvgIpc) is 3.11. The number of methoxy groups -OCH3 is 1. The lowest BCUT2D eigenvalue weighted by molar-refractivity contribution is -0.127. The molecule has 4 amide bonds. The molecule has 3 aromatic carbocycles. The molecule has 0 saturated carbocycles. The highest BCUT2D eigenvalue weighted by Gasteiger charge is 2.35. The molecule has 1 heterocycles. The summed E-state index contributed by atoms with van der Waals surface area (Å²) in [6, 6.07) is 15.7. The normalized spacial score (nSPS) is 14.1. The predicted molar refractivity (Wildman–Crippen MR) is 137 cm³/mol. The van der Waals surface area contributed by atoms with Gasteiger partial charge in [-0.3, -0.25) is 9.59 Å². The highest BCUT2D eigenvalue weighted by molar-refractivity contribution is 6.32. The highest BCUT2D eigenvalue weighted by Crippen LogP contribution is 2.37. The van der Waals surface area contributed by atoms with Crippen LogP contribution in [-0.2, 0) is 16.2 Å². The molecule has 0 aromatic heterocycles. The van der Waals surface area contributed by atoms with Gasteiger partial charge in [0.15, 0.2) is 11.5 Å². The maximum Gasteiger partial charge on any atom is 0.329 e. The van der Waals surface area contributed by atoms with Crippen molar-refractivity contribution in [2.45, 2.75) is 13.5 Å². The van der Waals surface area contributed by atoms with Crippen LogP contribution in [-0.4, -0.2) is 36.4 Å². The number of carbonyl (C=O) groups excluding carboxylic acids is 3. The number of carbonyl (C=O) groups is 3. The summed E-state index contributed by atoms with van der Waals surface area (Å²) in [6.45, 7) is 1.35. The Morgan fingerprint density at radius 2 is 1.92 bits per heavy atom.